The fraction of sp³-hybridized carbons (Fsp3) is 0.400. The second kappa shape index (κ2) is 4.73. The predicted molar refractivity (Wildman–Crippen MR) is 54.4 cm³/mol. The molecule has 0 bridgehead atoms. The van der Waals surface area contributed by atoms with Crippen LogP contribution in [0.3, 0.4) is 0 Å². The minimum atomic E-state index is -0.649. The molecule has 0 radical (unpaired) electrons. The van der Waals surface area contributed by atoms with Crippen LogP contribution in [0.2, 0.25) is 0 Å². The molecule has 1 aromatic rings. The van der Waals surface area contributed by atoms with Crippen molar-refractivity contribution in [2.45, 2.75) is 13.8 Å². The Hall–Kier alpha value is -0.640. The molecule has 78 valence electrons. The van der Waals surface area contributed by atoms with E-state index in [1.54, 1.807) is 0 Å². The lowest BCUT2D eigenvalue weighted by Crippen LogP contribution is -2.05. The number of rotatable bonds is 3. The monoisotopic (exact) mass is 264 g/mol. The lowest BCUT2D eigenvalue weighted by atomic mass is 10.2. The molecule has 1 aromatic carbocycles. The highest BCUT2D eigenvalue weighted by atomic mass is 79.9. The summed E-state index contributed by atoms with van der Waals surface area (Å²) >= 11 is 2.79. The van der Waals surface area contributed by atoms with Gasteiger partial charge in [0.1, 0.15) is 17.4 Å². The average Bonchev–Trinajstić information content (AvgIpc) is 2.10. The Morgan fingerprint density at radius 1 is 1.29 bits per heavy atom. The maximum atomic E-state index is 13.0. The fourth-order valence-electron chi connectivity index (χ4n) is 0.878. The molecule has 0 amide bonds. The third kappa shape index (κ3) is 2.94. The third-order valence-electron chi connectivity index (χ3n) is 1.54. The second-order valence-corrected chi connectivity index (χ2v) is 4.20. The predicted octanol–water partition coefficient (Wildman–Crippen LogP) is 3.76. The Kier molecular flexibility index (Phi) is 3.86. The molecular weight excluding hydrogens is 254 g/mol. The zero-order chi connectivity index (χ0) is 10.7. The molecule has 0 fully saturated rings. The fourth-order valence-corrected chi connectivity index (χ4v) is 1.11. The van der Waals surface area contributed by atoms with Gasteiger partial charge in [-0.05, 0) is 21.8 Å². The van der Waals surface area contributed by atoms with Crippen LogP contribution in [-0.4, -0.2) is 6.61 Å². The van der Waals surface area contributed by atoms with Gasteiger partial charge in [0.2, 0.25) is 0 Å². The Morgan fingerprint density at radius 2 is 1.79 bits per heavy atom. The van der Waals surface area contributed by atoms with E-state index in [1.165, 1.54) is 0 Å². The topological polar surface area (TPSA) is 9.23 Å². The molecule has 0 heterocycles. The molecule has 0 unspecified atom stereocenters. The average molecular weight is 265 g/mol. The summed E-state index contributed by atoms with van der Waals surface area (Å²) in [6.07, 6.45) is 0. The van der Waals surface area contributed by atoms with Crippen molar-refractivity contribution >= 4 is 15.9 Å². The van der Waals surface area contributed by atoms with Crippen LogP contribution in [0, 0.1) is 17.6 Å². The van der Waals surface area contributed by atoms with Gasteiger partial charge in [0, 0.05) is 12.1 Å². The van der Waals surface area contributed by atoms with Gasteiger partial charge in [-0.2, -0.15) is 0 Å². The number of ether oxygens (including phenoxy) is 1. The molecule has 0 aliphatic rings. The van der Waals surface area contributed by atoms with Gasteiger partial charge in [-0.25, -0.2) is 8.78 Å². The van der Waals surface area contributed by atoms with Gasteiger partial charge in [0.05, 0.1) is 11.1 Å². The molecule has 0 saturated carbocycles. The molecule has 4 heteroatoms. The first-order valence-corrected chi connectivity index (χ1v) is 5.07. The number of hydrogen-bond donors (Lipinski definition) is 0. The maximum absolute atomic E-state index is 13.0. The molecule has 0 aliphatic heterocycles. The standard InChI is InChI=1S/C10H11BrF2O/c1-6(2)5-14-7-3-8(12)10(11)9(13)4-7/h3-4,6H,5H2,1-2H3. The molecule has 1 rings (SSSR count). The molecule has 0 spiro atoms. The Morgan fingerprint density at radius 3 is 2.21 bits per heavy atom. The molecule has 1 nitrogen and oxygen atoms in total. The highest BCUT2D eigenvalue weighted by Gasteiger charge is 2.09. The first kappa shape index (κ1) is 11.4. The minimum Gasteiger partial charge on any atom is -0.493 e. The van der Waals surface area contributed by atoms with E-state index in [9.17, 15) is 8.78 Å². The van der Waals surface area contributed by atoms with Crippen LogP contribution in [0.5, 0.6) is 5.75 Å². The first-order chi connectivity index (χ1) is 6.50. The van der Waals surface area contributed by atoms with Gasteiger partial charge in [0.25, 0.3) is 0 Å². The molecule has 14 heavy (non-hydrogen) atoms. The summed E-state index contributed by atoms with van der Waals surface area (Å²) in [5, 5.41) is 0. The zero-order valence-corrected chi connectivity index (χ0v) is 9.57. The Bertz CT molecular complexity index is 303. The Labute approximate surface area is 90.2 Å². The van der Waals surface area contributed by atoms with Crippen LogP contribution < -0.4 is 4.74 Å². The van der Waals surface area contributed by atoms with Crippen molar-refractivity contribution in [3.63, 3.8) is 0 Å². The summed E-state index contributed by atoms with van der Waals surface area (Å²) in [7, 11) is 0. The van der Waals surface area contributed by atoms with Crippen LogP contribution >= 0.6 is 15.9 Å². The normalized spacial score (nSPS) is 10.7. The van der Waals surface area contributed by atoms with Crippen LogP contribution in [0.4, 0.5) is 8.78 Å². The van der Waals surface area contributed by atoms with E-state index in [0.29, 0.717) is 12.5 Å². The van der Waals surface area contributed by atoms with Crippen molar-refractivity contribution in [1.29, 1.82) is 0 Å². The Balaban J connectivity index is 2.79. The maximum Gasteiger partial charge on any atom is 0.144 e. The van der Waals surface area contributed by atoms with Crippen LogP contribution in [0.15, 0.2) is 16.6 Å². The largest absolute Gasteiger partial charge is 0.493 e. The van der Waals surface area contributed by atoms with Crippen molar-refractivity contribution in [3.05, 3.63) is 28.2 Å². The molecule has 0 aromatic heterocycles. The number of halogens is 3. The van der Waals surface area contributed by atoms with E-state index in [1.807, 2.05) is 13.8 Å². The first-order valence-electron chi connectivity index (χ1n) is 4.28. The second-order valence-electron chi connectivity index (χ2n) is 3.41. The summed E-state index contributed by atoms with van der Waals surface area (Å²) in [6.45, 7) is 4.37. The SMILES string of the molecule is CC(C)COc1cc(F)c(Br)c(F)c1. The molecule has 0 N–H and O–H groups in total. The van der Waals surface area contributed by atoms with Crippen molar-refractivity contribution in [3.8, 4) is 5.75 Å². The summed E-state index contributed by atoms with van der Waals surface area (Å²) in [4.78, 5) is 0. The van der Waals surface area contributed by atoms with Gasteiger partial charge in [-0.1, -0.05) is 13.8 Å². The van der Waals surface area contributed by atoms with E-state index in [2.05, 4.69) is 15.9 Å². The van der Waals surface area contributed by atoms with Crippen molar-refractivity contribution in [2.24, 2.45) is 5.92 Å². The molecule has 0 aliphatic carbocycles. The van der Waals surface area contributed by atoms with Crippen molar-refractivity contribution in [2.75, 3.05) is 6.61 Å². The minimum absolute atomic E-state index is 0.158. The van der Waals surface area contributed by atoms with E-state index in [4.69, 9.17) is 4.74 Å². The van der Waals surface area contributed by atoms with Crippen molar-refractivity contribution < 1.29 is 13.5 Å². The van der Waals surface area contributed by atoms with Gasteiger partial charge in [0.15, 0.2) is 0 Å². The van der Waals surface area contributed by atoms with Crippen molar-refractivity contribution in [1.82, 2.24) is 0 Å². The van der Waals surface area contributed by atoms with E-state index >= 15 is 0 Å². The summed E-state index contributed by atoms with van der Waals surface area (Å²) < 4.78 is 31.0. The number of hydrogen-bond acceptors (Lipinski definition) is 1. The zero-order valence-electron chi connectivity index (χ0n) is 7.98. The van der Waals surface area contributed by atoms with Crippen LogP contribution in [0.25, 0.3) is 0 Å². The van der Waals surface area contributed by atoms with Crippen LogP contribution in [-0.2, 0) is 0 Å². The summed E-state index contributed by atoms with van der Waals surface area (Å²) in [5.74, 6) is -0.755. The van der Waals surface area contributed by atoms with Crippen LogP contribution in [0.1, 0.15) is 13.8 Å². The van der Waals surface area contributed by atoms with E-state index in [-0.39, 0.29) is 10.2 Å². The molecule has 0 atom stereocenters. The number of benzene rings is 1. The highest BCUT2D eigenvalue weighted by Crippen LogP contribution is 2.25. The van der Waals surface area contributed by atoms with Gasteiger partial charge < -0.3 is 4.74 Å². The van der Waals surface area contributed by atoms with Gasteiger partial charge in [-0.15, -0.1) is 0 Å². The van der Waals surface area contributed by atoms with Gasteiger partial charge >= 0.3 is 0 Å². The highest BCUT2D eigenvalue weighted by molar-refractivity contribution is 9.10. The van der Waals surface area contributed by atoms with E-state index < -0.39 is 11.6 Å². The summed E-state index contributed by atoms with van der Waals surface area (Å²) in [6, 6.07) is 2.32. The molecular formula is C10H11BrF2O. The lowest BCUT2D eigenvalue weighted by molar-refractivity contribution is 0.268. The lowest BCUT2D eigenvalue weighted by Gasteiger charge is -2.09. The van der Waals surface area contributed by atoms with E-state index in [0.717, 1.165) is 12.1 Å². The quantitative estimate of drug-likeness (QED) is 0.756. The van der Waals surface area contributed by atoms with Gasteiger partial charge in [-0.3, -0.25) is 0 Å². The smallest absolute Gasteiger partial charge is 0.144 e. The summed E-state index contributed by atoms with van der Waals surface area (Å²) in [5.41, 5.74) is 0. The third-order valence-corrected chi connectivity index (χ3v) is 2.30. The molecule has 0 saturated heterocycles.